The van der Waals surface area contributed by atoms with Crippen molar-refractivity contribution in [3.63, 3.8) is 0 Å². The van der Waals surface area contributed by atoms with Crippen molar-refractivity contribution in [3.05, 3.63) is 0 Å². The molecular weight excluding hydrogens is 150 g/mol. The molecule has 3 N–H and O–H groups in total. The Labute approximate surface area is 75.2 Å². The molecule has 0 heterocycles. The quantitative estimate of drug-likeness (QED) is 0.676. The summed E-state index contributed by atoms with van der Waals surface area (Å²) >= 11 is 0. The molecule has 2 heteroatoms. The van der Waals surface area contributed by atoms with Crippen molar-refractivity contribution in [2.24, 2.45) is 17.1 Å². The molecule has 1 rings (SSSR count). The Hall–Kier alpha value is -0.0800. The summed E-state index contributed by atoms with van der Waals surface area (Å²) in [5, 5.41) is 10.3. The Bertz CT molecular complexity index is 163. The largest absolute Gasteiger partial charge is 0.389 e. The summed E-state index contributed by atoms with van der Waals surface area (Å²) in [4.78, 5) is 0. The first kappa shape index (κ1) is 10.0. The van der Waals surface area contributed by atoms with Gasteiger partial charge in [0.2, 0.25) is 0 Å². The first-order chi connectivity index (χ1) is 5.48. The van der Waals surface area contributed by atoms with Crippen LogP contribution in [0.5, 0.6) is 0 Å². The highest BCUT2D eigenvalue weighted by Crippen LogP contribution is 2.53. The van der Waals surface area contributed by atoms with Gasteiger partial charge in [-0.1, -0.05) is 20.8 Å². The summed E-state index contributed by atoms with van der Waals surface area (Å²) < 4.78 is 0. The SMILES string of the molecule is CCC(CN)C1(O)CCC1(C)C. The molecular formula is C10H21NO. The number of rotatable bonds is 3. The average Bonchev–Trinajstić information content (AvgIpc) is 2.04. The molecule has 1 saturated carbocycles. The van der Waals surface area contributed by atoms with E-state index in [4.69, 9.17) is 5.73 Å². The van der Waals surface area contributed by atoms with E-state index in [0.29, 0.717) is 6.54 Å². The molecule has 0 amide bonds. The summed E-state index contributed by atoms with van der Waals surface area (Å²) in [6.07, 6.45) is 3.03. The van der Waals surface area contributed by atoms with Gasteiger partial charge in [-0.3, -0.25) is 0 Å². The molecule has 12 heavy (non-hydrogen) atoms. The topological polar surface area (TPSA) is 46.2 Å². The molecule has 2 nitrogen and oxygen atoms in total. The molecule has 0 saturated heterocycles. The normalized spacial score (nSPS) is 35.8. The lowest BCUT2D eigenvalue weighted by atomic mass is 9.53. The van der Waals surface area contributed by atoms with Crippen molar-refractivity contribution in [2.75, 3.05) is 6.54 Å². The van der Waals surface area contributed by atoms with E-state index in [1.807, 2.05) is 0 Å². The highest BCUT2D eigenvalue weighted by Gasteiger charge is 2.55. The fourth-order valence-electron chi connectivity index (χ4n) is 2.34. The van der Waals surface area contributed by atoms with Crippen molar-refractivity contribution < 1.29 is 5.11 Å². The lowest BCUT2D eigenvalue weighted by molar-refractivity contribution is -0.183. The molecule has 0 radical (unpaired) electrons. The summed E-state index contributed by atoms with van der Waals surface area (Å²) in [7, 11) is 0. The smallest absolute Gasteiger partial charge is 0.0738 e. The van der Waals surface area contributed by atoms with Crippen molar-refractivity contribution >= 4 is 0 Å². The van der Waals surface area contributed by atoms with E-state index >= 15 is 0 Å². The lowest BCUT2D eigenvalue weighted by Crippen LogP contribution is -2.60. The van der Waals surface area contributed by atoms with Crippen LogP contribution in [0.25, 0.3) is 0 Å². The number of hydrogen-bond acceptors (Lipinski definition) is 2. The van der Waals surface area contributed by atoms with E-state index in [1.165, 1.54) is 0 Å². The van der Waals surface area contributed by atoms with Gasteiger partial charge < -0.3 is 10.8 Å². The van der Waals surface area contributed by atoms with E-state index in [2.05, 4.69) is 20.8 Å². The third-order valence-corrected chi connectivity index (χ3v) is 3.76. The minimum absolute atomic E-state index is 0.0764. The zero-order chi connectivity index (χ0) is 9.41. The van der Waals surface area contributed by atoms with Crippen molar-refractivity contribution in [3.8, 4) is 0 Å². The summed E-state index contributed by atoms with van der Waals surface area (Å²) in [6, 6.07) is 0. The lowest BCUT2D eigenvalue weighted by Gasteiger charge is -2.56. The van der Waals surface area contributed by atoms with E-state index < -0.39 is 5.60 Å². The van der Waals surface area contributed by atoms with E-state index in [9.17, 15) is 5.11 Å². The van der Waals surface area contributed by atoms with Gasteiger partial charge in [-0.05, 0) is 31.2 Å². The number of aliphatic hydroxyl groups is 1. The molecule has 0 aliphatic heterocycles. The van der Waals surface area contributed by atoms with E-state index in [1.54, 1.807) is 0 Å². The number of hydrogen-bond donors (Lipinski definition) is 2. The van der Waals surface area contributed by atoms with Gasteiger partial charge in [0.25, 0.3) is 0 Å². The molecule has 0 aromatic heterocycles. The Balaban J connectivity index is 2.71. The minimum Gasteiger partial charge on any atom is -0.389 e. The van der Waals surface area contributed by atoms with E-state index in [-0.39, 0.29) is 11.3 Å². The zero-order valence-electron chi connectivity index (χ0n) is 8.43. The molecule has 1 aliphatic carbocycles. The van der Waals surface area contributed by atoms with Gasteiger partial charge in [-0.15, -0.1) is 0 Å². The first-order valence-corrected chi connectivity index (χ1v) is 4.90. The zero-order valence-corrected chi connectivity index (χ0v) is 8.43. The molecule has 0 bridgehead atoms. The molecule has 0 spiro atoms. The van der Waals surface area contributed by atoms with Crippen molar-refractivity contribution in [1.29, 1.82) is 0 Å². The van der Waals surface area contributed by atoms with Crippen LogP contribution in [0.4, 0.5) is 0 Å². The van der Waals surface area contributed by atoms with Crippen LogP contribution in [0.1, 0.15) is 40.0 Å². The second-order valence-corrected chi connectivity index (χ2v) is 4.65. The molecule has 0 aromatic rings. The maximum atomic E-state index is 10.3. The van der Waals surface area contributed by atoms with Gasteiger partial charge in [0, 0.05) is 5.92 Å². The second kappa shape index (κ2) is 3.00. The summed E-state index contributed by atoms with van der Waals surface area (Å²) in [5.74, 6) is 0.279. The van der Waals surface area contributed by atoms with Gasteiger partial charge in [0.05, 0.1) is 5.60 Å². The van der Waals surface area contributed by atoms with Gasteiger partial charge >= 0.3 is 0 Å². The third kappa shape index (κ3) is 1.17. The minimum atomic E-state index is -0.490. The predicted octanol–water partition coefficient (Wildman–Crippen LogP) is 1.52. The molecule has 72 valence electrons. The van der Waals surface area contributed by atoms with Crippen molar-refractivity contribution in [1.82, 2.24) is 0 Å². The molecule has 1 fully saturated rings. The monoisotopic (exact) mass is 171 g/mol. The van der Waals surface area contributed by atoms with Crippen molar-refractivity contribution in [2.45, 2.75) is 45.6 Å². The van der Waals surface area contributed by atoms with Crippen LogP contribution < -0.4 is 5.73 Å². The average molecular weight is 171 g/mol. The molecule has 2 atom stereocenters. The molecule has 0 aromatic carbocycles. The van der Waals surface area contributed by atoms with Gasteiger partial charge in [0.1, 0.15) is 0 Å². The predicted molar refractivity (Wildman–Crippen MR) is 50.8 cm³/mol. The van der Waals surface area contributed by atoms with Crippen LogP contribution in [-0.2, 0) is 0 Å². The van der Waals surface area contributed by atoms with Crippen LogP contribution in [0.2, 0.25) is 0 Å². The fourth-order valence-corrected chi connectivity index (χ4v) is 2.34. The van der Waals surface area contributed by atoms with Crippen LogP contribution in [-0.4, -0.2) is 17.3 Å². The van der Waals surface area contributed by atoms with E-state index in [0.717, 1.165) is 19.3 Å². The van der Waals surface area contributed by atoms with Gasteiger partial charge in [0.15, 0.2) is 0 Å². The third-order valence-electron chi connectivity index (χ3n) is 3.76. The molecule has 1 aliphatic rings. The van der Waals surface area contributed by atoms with Crippen LogP contribution in [0.15, 0.2) is 0 Å². The fraction of sp³-hybridized carbons (Fsp3) is 1.00. The Morgan fingerprint density at radius 2 is 2.00 bits per heavy atom. The Morgan fingerprint density at radius 3 is 2.08 bits per heavy atom. The maximum Gasteiger partial charge on any atom is 0.0738 e. The molecule has 2 unspecified atom stereocenters. The Kier molecular flexibility index (Phi) is 2.50. The standard InChI is InChI=1S/C10H21NO/c1-4-8(7-11)10(12)6-5-9(10,2)3/h8,12H,4-7,11H2,1-3H3. The highest BCUT2D eigenvalue weighted by atomic mass is 16.3. The van der Waals surface area contributed by atoms with Gasteiger partial charge in [-0.25, -0.2) is 0 Å². The van der Waals surface area contributed by atoms with Crippen LogP contribution in [0, 0.1) is 11.3 Å². The maximum absolute atomic E-state index is 10.3. The second-order valence-electron chi connectivity index (χ2n) is 4.65. The number of nitrogens with two attached hydrogens (primary N) is 1. The van der Waals surface area contributed by atoms with Crippen LogP contribution in [0.3, 0.4) is 0 Å². The van der Waals surface area contributed by atoms with Gasteiger partial charge in [-0.2, -0.15) is 0 Å². The summed E-state index contributed by atoms with van der Waals surface area (Å²) in [5.41, 5.74) is 5.23. The summed E-state index contributed by atoms with van der Waals surface area (Å²) in [6.45, 7) is 6.98. The first-order valence-electron chi connectivity index (χ1n) is 4.90. The Morgan fingerprint density at radius 1 is 1.42 bits per heavy atom. The van der Waals surface area contributed by atoms with Crippen LogP contribution >= 0.6 is 0 Å². The highest BCUT2D eigenvalue weighted by molar-refractivity contribution is 5.06.